The molecule has 1 aliphatic rings. The normalized spacial score (nSPS) is 14.1. The molecule has 1 aliphatic carbocycles. The van der Waals surface area contributed by atoms with E-state index in [0.717, 1.165) is 23.6 Å². The van der Waals surface area contributed by atoms with Crippen LogP contribution in [0.2, 0.25) is 0 Å². The van der Waals surface area contributed by atoms with Gasteiger partial charge in [0.15, 0.2) is 0 Å². The Balaban J connectivity index is 1.99. The fourth-order valence-corrected chi connectivity index (χ4v) is 2.91. The first-order valence-corrected chi connectivity index (χ1v) is 7.43. The molecule has 3 rings (SSSR count). The van der Waals surface area contributed by atoms with Crippen molar-refractivity contribution >= 4 is 0 Å². The number of aromatic nitrogens is 2. The molecule has 3 nitrogen and oxygen atoms in total. The molecular weight excluding hydrogens is 246 g/mol. The highest BCUT2D eigenvalue weighted by Crippen LogP contribution is 2.26. The Labute approximate surface area is 120 Å². The van der Waals surface area contributed by atoms with Gasteiger partial charge in [-0.1, -0.05) is 12.1 Å². The van der Waals surface area contributed by atoms with E-state index in [2.05, 4.69) is 34.2 Å². The van der Waals surface area contributed by atoms with Gasteiger partial charge in [-0.3, -0.25) is 0 Å². The minimum atomic E-state index is 0.590. The van der Waals surface area contributed by atoms with Crippen LogP contribution >= 0.6 is 0 Å². The number of benzene rings is 1. The van der Waals surface area contributed by atoms with Gasteiger partial charge in [-0.05, 0) is 62.4 Å². The fourth-order valence-electron chi connectivity index (χ4n) is 2.91. The topological polar surface area (TPSA) is 51.8 Å². The first kappa shape index (κ1) is 13.3. The van der Waals surface area contributed by atoms with Gasteiger partial charge >= 0.3 is 0 Å². The molecule has 20 heavy (non-hydrogen) atoms. The first-order valence-electron chi connectivity index (χ1n) is 7.43. The van der Waals surface area contributed by atoms with E-state index in [1.165, 1.54) is 42.4 Å². The van der Waals surface area contributed by atoms with Gasteiger partial charge in [0.05, 0.1) is 5.69 Å². The maximum Gasteiger partial charge on any atom is 0.130 e. The van der Waals surface area contributed by atoms with Gasteiger partial charge in [-0.15, -0.1) is 0 Å². The molecule has 0 unspecified atom stereocenters. The summed E-state index contributed by atoms with van der Waals surface area (Å²) in [5, 5.41) is 0. The third kappa shape index (κ3) is 2.73. The van der Waals surface area contributed by atoms with Crippen LogP contribution in [0.5, 0.6) is 0 Å². The molecule has 0 spiro atoms. The summed E-state index contributed by atoms with van der Waals surface area (Å²) >= 11 is 0. The Bertz CT molecular complexity index is 620. The molecule has 0 radical (unpaired) electrons. The molecule has 0 bridgehead atoms. The first-order chi connectivity index (χ1) is 9.76. The average Bonchev–Trinajstić information content (AvgIpc) is 2.46. The molecule has 0 aliphatic heterocycles. The van der Waals surface area contributed by atoms with Crippen LogP contribution in [-0.2, 0) is 19.3 Å². The Morgan fingerprint density at radius 2 is 1.85 bits per heavy atom. The third-order valence-electron chi connectivity index (χ3n) is 3.91. The number of aryl methyl sites for hydroxylation is 3. The lowest BCUT2D eigenvalue weighted by Crippen LogP contribution is -2.08. The van der Waals surface area contributed by atoms with Crippen molar-refractivity contribution in [3.8, 4) is 11.3 Å². The van der Waals surface area contributed by atoms with Crippen LogP contribution in [0.15, 0.2) is 24.3 Å². The molecule has 2 N–H and O–H groups in total. The third-order valence-corrected chi connectivity index (χ3v) is 3.91. The summed E-state index contributed by atoms with van der Waals surface area (Å²) in [6, 6.07) is 8.83. The fraction of sp³-hybridized carbons (Fsp3) is 0.412. The van der Waals surface area contributed by atoms with E-state index >= 15 is 0 Å². The van der Waals surface area contributed by atoms with Crippen molar-refractivity contribution in [3.05, 3.63) is 46.9 Å². The summed E-state index contributed by atoms with van der Waals surface area (Å²) in [6.07, 6.45) is 5.77. The van der Waals surface area contributed by atoms with Crippen molar-refractivity contribution in [2.24, 2.45) is 5.73 Å². The number of nitrogens with two attached hydrogens (primary N) is 1. The molecule has 2 aromatic rings. The van der Waals surface area contributed by atoms with Crippen LogP contribution in [0.3, 0.4) is 0 Å². The van der Waals surface area contributed by atoms with Crippen molar-refractivity contribution in [3.63, 3.8) is 0 Å². The Morgan fingerprint density at radius 1 is 1.05 bits per heavy atom. The quantitative estimate of drug-likeness (QED) is 0.930. The van der Waals surface area contributed by atoms with E-state index in [1.807, 2.05) is 6.92 Å². The molecule has 0 saturated carbocycles. The van der Waals surface area contributed by atoms with E-state index in [-0.39, 0.29) is 0 Å². The van der Waals surface area contributed by atoms with Crippen molar-refractivity contribution in [1.82, 2.24) is 9.97 Å². The summed E-state index contributed by atoms with van der Waals surface area (Å²) in [6.45, 7) is 2.61. The zero-order valence-corrected chi connectivity index (χ0v) is 12.0. The van der Waals surface area contributed by atoms with Crippen molar-refractivity contribution in [2.45, 2.75) is 39.0 Å². The molecule has 0 atom stereocenters. The predicted molar refractivity (Wildman–Crippen MR) is 81.6 cm³/mol. The zero-order valence-electron chi connectivity index (χ0n) is 12.0. The van der Waals surface area contributed by atoms with Crippen LogP contribution in [0.1, 0.15) is 35.5 Å². The molecule has 0 amide bonds. The summed E-state index contributed by atoms with van der Waals surface area (Å²) in [5.41, 5.74) is 11.8. The minimum absolute atomic E-state index is 0.590. The number of hydrogen-bond donors (Lipinski definition) is 1. The van der Waals surface area contributed by atoms with E-state index in [4.69, 9.17) is 5.73 Å². The summed E-state index contributed by atoms with van der Waals surface area (Å²) in [7, 11) is 0. The van der Waals surface area contributed by atoms with Crippen molar-refractivity contribution < 1.29 is 0 Å². The lowest BCUT2D eigenvalue weighted by molar-refractivity contribution is 0.686. The van der Waals surface area contributed by atoms with Crippen LogP contribution in [0.25, 0.3) is 11.3 Å². The van der Waals surface area contributed by atoms with Gasteiger partial charge < -0.3 is 5.73 Å². The predicted octanol–water partition coefficient (Wildman–Crippen LogP) is 2.83. The molecule has 0 saturated heterocycles. The summed E-state index contributed by atoms with van der Waals surface area (Å²) in [5.74, 6) is 0.847. The van der Waals surface area contributed by atoms with Gasteiger partial charge in [0.25, 0.3) is 0 Å². The molecule has 1 aromatic carbocycles. The lowest BCUT2D eigenvalue weighted by Gasteiger charge is -2.16. The Kier molecular flexibility index (Phi) is 3.79. The second kappa shape index (κ2) is 5.71. The Morgan fingerprint density at radius 3 is 2.65 bits per heavy atom. The van der Waals surface area contributed by atoms with Crippen LogP contribution < -0.4 is 5.73 Å². The van der Waals surface area contributed by atoms with E-state index in [9.17, 15) is 0 Å². The largest absolute Gasteiger partial charge is 0.330 e. The van der Waals surface area contributed by atoms with Gasteiger partial charge in [0.1, 0.15) is 5.82 Å². The number of hydrogen-bond acceptors (Lipinski definition) is 3. The number of fused-ring (bicyclic) bond motifs is 1. The minimum Gasteiger partial charge on any atom is -0.330 e. The van der Waals surface area contributed by atoms with Crippen molar-refractivity contribution in [2.75, 3.05) is 6.54 Å². The van der Waals surface area contributed by atoms with Crippen LogP contribution in [0, 0.1) is 6.92 Å². The van der Waals surface area contributed by atoms with Crippen LogP contribution in [-0.4, -0.2) is 16.5 Å². The Hall–Kier alpha value is -1.74. The molecule has 3 heteroatoms. The highest BCUT2D eigenvalue weighted by Gasteiger charge is 2.11. The smallest absolute Gasteiger partial charge is 0.130 e. The standard InChI is InChI=1S/C17H21N3/c1-12-10-16(20-17(19-12)8-9-18)15-7-6-13-4-2-3-5-14(13)11-15/h6-7,10-11H,2-5,8-9,18H2,1H3. The van der Waals surface area contributed by atoms with E-state index in [1.54, 1.807) is 0 Å². The van der Waals surface area contributed by atoms with Crippen molar-refractivity contribution in [1.29, 1.82) is 0 Å². The maximum absolute atomic E-state index is 5.61. The summed E-state index contributed by atoms with van der Waals surface area (Å²) in [4.78, 5) is 9.10. The molecular formula is C17H21N3. The van der Waals surface area contributed by atoms with Gasteiger partial charge in [0, 0.05) is 17.7 Å². The lowest BCUT2D eigenvalue weighted by atomic mass is 9.90. The second-order valence-electron chi connectivity index (χ2n) is 5.54. The zero-order chi connectivity index (χ0) is 13.9. The molecule has 1 heterocycles. The van der Waals surface area contributed by atoms with E-state index in [0.29, 0.717) is 6.54 Å². The summed E-state index contributed by atoms with van der Waals surface area (Å²) < 4.78 is 0. The molecule has 1 aromatic heterocycles. The van der Waals surface area contributed by atoms with E-state index < -0.39 is 0 Å². The van der Waals surface area contributed by atoms with Gasteiger partial charge in [0.2, 0.25) is 0 Å². The monoisotopic (exact) mass is 267 g/mol. The highest BCUT2D eigenvalue weighted by molar-refractivity contribution is 5.61. The molecule has 0 fully saturated rings. The average molecular weight is 267 g/mol. The molecule has 104 valence electrons. The number of rotatable bonds is 3. The van der Waals surface area contributed by atoms with Gasteiger partial charge in [-0.2, -0.15) is 0 Å². The highest BCUT2D eigenvalue weighted by atomic mass is 14.9. The maximum atomic E-state index is 5.61. The van der Waals surface area contributed by atoms with Crippen LogP contribution in [0.4, 0.5) is 0 Å². The SMILES string of the molecule is Cc1cc(-c2ccc3c(c2)CCCC3)nc(CCN)n1. The van der Waals surface area contributed by atoms with Gasteiger partial charge in [-0.25, -0.2) is 9.97 Å². The number of nitrogens with zero attached hydrogens (tertiary/aromatic N) is 2. The second-order valence-corrected chi connectivity index (χ2v) is 5.54.